The third-order valence-electron chi connectivity index (χ3n) is 6.63. The minimum atomic E-state index is -4.48. The largest absolute Gasteiger partial charge is 0.490 e. The van der Waals surface area contributed by atoms with Crippen molar-refractivity contribution in [3.05, 3.63) is 83.6 Å². The van der Waals surface area contributed by atoms with Crippen molar-refractivity contribution in [2.24, 2.45) is 0 Å². The van der Waals surface area contributed by atoms with Crippen LogP contribution in [0, 0.1) is 0 Å². The van der Waals surface area contributed by atoms with Crippen LogP contribution in [0.5, 0.6) is 5.75 Å². The first-order chi connectivity index (χ1) is 17.6. The molecular weight excluding hydrogens is 487 g/mol. The minimum Gasteiger partial charge on any atom is -0.490 e. The Morgan fingerprint density at radius 2 is 1.46 bits per heavy atom. The second-order valence-electron chi connectivity index (χ2n) is 8.99. The number of carboxylic acids is 2. The highest BCUT2D eigenvalue weighted by molar-refractivity contribution is 6.13. The van der Waals surface area contributed by atoms with Crippen molar-refractivity contribution in [2.75, 3.05) is 0 Å². The van der Waals surface area contributed by atoms with Gasteiger partial charge in [0.15, 0.2) is 0 Å². The van der Waals surface area contributed by atoms with E-state index in [-0.39, 0.29) is 11.5 Å². The van der Waals surface area contributed by atoms with E-state index in [1.807, 2.05) is 0 Å². The monoisotopic (exact) mass is 509 g/mol. The highest BCUT2D eigenvalue weighted by atomic mass is 19.4. The number of hydrogen-bond donors (Lipinski definition) is 2. The Bertz CT molecular complexity index is 1480. The Hall–Kier alpha value is -4.27. The first kappa shape index (κ1) is 24.4. The van der Waals surface area contributed by atoms with Crippen molar-refractivity contribution in [3.8, 4) is 22.6 Å². The van der Waals surface area contributed by atoms with Gasteiger partial charge in [-0.05, 0) is 85.3 Å². The molecule has 3 aromatic carbocycles. The summed E-state index contributed by atoms with van der Waals surface area (Å²) in [6, 6.07) is 16.0. The van der Waals surface area contributed by atoms with Crippen LogP contribution in [0.25, 0.3) is 27.7 Å². The molecule has 1 heterocycles. The number of benzene rings is 3. The van der Waals surface area contributed by atoms with Gasteiger partial charge in [-0.1, -0.05) is 18.2 Å². The number of fused-ring (bicyclic) bond motifs is 1. The Morgan fingerprint density at radius 1 is 0.838 bits per heavy atom. The van der Waals surface area contributed by atoms with E-state index in [0.717, 1.165) is 37.8 Å². The van der Waals surface area contributed by atoms with Gasteiger partial charge >= 0.3 is 18.1 Å². The van der Waals surface area contributed by atoms with Gasteiger partial charge in [0, 0.05) is 11.1 Å². The number of carboxylic acid groups (broad SMARTS) is 2. The lowest BCUT2D eigenvalue weighted by molar-refractivity contribution is -0.137. The summed E-state index contributed by atoms with van der Waals surface area (Å²) in [6.07, 6.45) is -0.133. The Labute approximate surface area is 209 Å². The van der Waals surface area contributed by atoms with Crippen LogP contribution >= 0.6 is 0 Å². The minimum absolute atomic E-state index is 0.148. The second-order valence-corrected chi connectivity index (χ2v) is 8.99. The number of ether oxygens (including phenoxy) is 1. The molecule has 0 saturated heterocycles. The molecule has 9 heteroatoms. The van der Waals surface area contributed by atoms with Gasteiger partial charge in [-0.15, -0.1) is 0 Å². The zero-order chi connectivity index (χ0) is 26.3. The quantitative estimate of drug-likeness (QED) is 0.291. The van der Waals surface area contributed by atoms with Crippen LogP contribution in [0.3, 0.4) is 0 Å². The lowest BCUT2D eigenvalue weighted by Gasteiger charge is -2.14. The zero-order valence-electron chi connectivity index (χ0n) is 19.5. The molecule has 37 heavy (non-hydrogen) atoms. The number of aromatic nitrogens is 1. The van der Waals surface area contributed by atoms with Crippen LogP contribution in [0.2, 0.25) is 0 Å². The molecule has 5 rings (SSSR count). The topological polar surface area (TPSA) is 88.8 Å². The molecule has 2 N–H and O–H groups in total. The maximum absolute atomic E-state index is 13.0. The maximum Gasteiger partial charge on any atom is 0.416 e. The summed E-state index contributed by atoms with van der Waals surface area (Å²) in [6.45, 7) is 0. The van der Waals surface area contributed by atoms with Crippen LogP contribution in [0.15, 0.2) is 66.7 Å². The normalized spacial score (nSPS) is 14.2. The number of rotatable bonds is 6. The highest BCUT2D eigenvalue weighted by Crippen LogP contribution is 2.36. The Kier molecular flexibility index (Phi) is 6.15. The Balaban J connectivity index is 1.61. The van der Waals surface area contributed by atoms with Gasteiger partial charge in [0.1, 0.15) is 17.0 Å². The third kappa shape index (κ3) is 4.64. The van der Waals surface area contributed by atoms with Crippen LogP contribution in [-0.2, 0) is 6.18 Å². The van der Waals surface area contributed by atoms with E-state index < -0.39 is 34.9 Å². The van der Waals surface area contributed by atoms with Crippen molar-refractivity contribution < 1.29 is 37.7 Å². The number of aromatic carboxylic acids is 2. The number of nitrogens with zero attached hydrogens (tertiary/aromatic N) is 1. The van der Waals surface area contributed by atoms with Crippen molar-refractivity contribution in [3.63, 3.8) is 0 Å². The summed E-state index contributed by atoms with van der Waals surface area (Å²) in [5.74, 6) is -2.20. The van der Waals surface area contributed by atoms with Crippen LogP contribution in [0.1, 0.15) is 52.1 Å². The number of carbonyl (C=O) groups is 2. The highest BCUT2D eigenvalue weighted by Gasteiger charge is 2.31. The van der Waals surface area contributed by atoms with Crippen LogP contribution in [-0.4, -0.2) is 32.8 Å². The van der Waals surface area contributed by atoms with E-state index in [0.29, 0.717) is 28.1 Å². The summed E-state index contributed by atoms with van der Waals surface area (Å²) in [5, 5.41) is 20.1. The molecule has 1 saturated carbocycles. The van der Waals surface area contributed by atoms with Crippen molar-refractivity contribution in [2.45, 2.75) is 38.0 Å². The van der Waals surface area contributed by atoms with E-state index in [2.05, 4.69) is 0 Å². The molecule has 1 aliphatic rings. The summed E-state index contributed by atoms with van der Waals surface area (Å²) < 4.78 is 46.2. The van der Waals surface area contributed by atoms with Gasteiger partial charge in [-0.3, -0.25) is 0 Å². The van der Waals surface area contributed by atoms with Crippen molar-refractivity contribution in [1.29, 1.82) is 0 Å². The van der Waals surface area contributed by atoms with Gasteiger partial charge in [0.25, 0.3) is 0 Å². The zero-order valence-corrected chi connectivity index (χ0v) is 19.5. The fraction of sp³-hybridized carbons (Fsp3) is 0.214. The first-order valence-corrected chi connectivity index (χ1v) is 11.7. The summed E-state index contributed by atoms with van der Waals surface area (Å²) in [5.41, 5.74) is 0.0515. The van der Waals surface area contributed by atoms with Gasteiger partial charge < -0.3 is 19.5 Å². The molecule has 0 aliphatic heterocycles. The number of halogens is 3. The molecule has 4 aromatic rings. The van der Waals surface area contributed by atoms with E-state index in [1.54, 1.807) is 36.4 Å². The standard InChI is InChI=1S/C28H22F3NO5/c29-28(30,31)18-8-5-16(6-9-18)17-7-14-23-22(15-17)24(26(33)34)25(27(35)36)32(23)19-10-12-21(13-11-19)37-20-3-1-2-4-20/h5-15,20H,1-4H2,(H,33,34)(H,35,36). The average Bonchev–Trinajstić information content (AvgIpc) is 3.49. The molecule has 0 bridgehead atoms. The lowest BCUT2D eigenvalue weighted by Crippen LogP contribution is -2.12. The smallest absolute Gasteiger partial charge is 0.416 e. The SMILES string of the molecule is O=C(O)c1c(C(=O)O)n(-c2ccc(OC3CCCC3)cc2)c2ccc(-c3ccc(C(F)(F)F)cc3)cc12. The van der Waals surface area contributed by atoms with Crippen LogP contribution in [0.4, 0.5) is 13.2 Å². The fourth-order valence-corrected chi connectivity index (χ4v) is 4.88. The molecular formula is C28H22F3NO5. The first-order valence-electron chi connectivity index (χ1n) is 11.7. The van der Waals surface area contributed by atoms with Crippen molar-refractivity contribution >= 4 is 22.8 Å². The fourth-order valence-electron chi connectivity index (χ4n) is 4.88. The van der Waals surface area contributed by atoms with Gasteiger partial charge in [0.05, 0.1) is 17.2 Å². The molecule has 190 valence electrons. The molecule has 1 fully saturated rings. The van der Waals surface area contributed by atoms with E-state index >= 15 is 0 Å². The van der Waals surface area contributed by atoms with Gasteiger partial charge in [0.2, 0.25) is 0 Å². The second kappa shape index (κ2) is 9.31. The Morgan fingerprint density at radius 3 is 2.03 bits per heavy atom. The predicted octanol–water partition coefficient (Wildman–Crippen LogP) is 7.03. The molecule has 0 radical (unpaired) electrons. The van der Waals surface area contributed by atoms with Crippen molar-refractivity contribution in [1.82, 2.24) is 4.57 Å². The third-order valence-corrected chi connectivity index (χ3v) is 6.63. The molecule has 0 amide bonds. The van der Waals surface area contributed by atoms with Crippen LogP contribution < -0.4 is 4.74 Å². The van der Waals surface area contributed by atoms with Gasteiger partial charge in [-0.25, -0.2) is 9.59 Å². The summed E-state index contributed by atoms with van der Waals surface area (Å²) in [4.78, 5) is 24.5. The lowest BCUT2D eigenvalue weighted by atomic mass is 10.0. The predicted molar refractivity (Wildman–Crippen MR) is 131 cm³/mol. The molecule has 6 nitrogen and oxygen atoms in total. The molecule has 0 spiro atoms. The summed E-state index contributed by atoms with van der Waals surface area (Å²) >= 11 is 0. The average molecular weight is 509 g/mol. The van der Waals surface area contributed by atoms with Gasteiger partial charge in [-0.2, -0.15) is 13.2 Å². The maximum atomic E-state index is 13.0. The van der Waals surface area contributed by atoms with E-state index in [4.69, 9.17) is 4.74 Å². The molecule has 0 atom stereocenters. The molecule has 0 unspecified atom stereocenters. The summed E-state index contributed by atoms with van der Waals surface area (Å²) in [7, 11) is 0. The number of hydrogen-bond acceptors (Lipinski definition) is 3. The molecule has 1 aliphatic carbocycles. The number of alkyl halides is 3. The van der Waals surface area contributed by atoms with E-state index in [1.165, 1.54) is 22.8 Å². The van der Waals surface area contributed by atoms with E-state index in [9.17, 15) is 33.0 Å². The molecule has 1 aromatic heterocycles.